The summed E-state index contributed by atoms with van der Waals surface area (Å²) in [7, 11) is 0. The summed E-state index contributed by atoms with van der Waals surface area (Å²) >= 11 is 0. The van der Waals surface area contributed by atoms with Crippen molar-refractivity contribution in [1.29, 1.82) is 0 Å². The van der Waals surface area contributed by atoms with E-state index in [2.05, 4.69) is 39.0 Å². The maximum atomic E-state index is 10.1. The highest BCUT2D eigenvalue weighted by atomic mass is 16.1. The third-order valence-electron chi connectivity index (χ3n) is 3.78. The molecule has 1 atom stereocenters. The number of aldehydes is 1. The van der Waals surface area contributed by atoms with E-state index in [-0.39, 0.29) is 0 Å². The summed E-state index contributed by atoms with van der Waals surface area (Å²) in [5, 5.41) is 0. The molecule has 0 aromatic rings. The SMILES string of the molecule is CC1=CC[C@@H](CC=CCCC=O)C1(C)C. The smallest absolute Gasteiger partial charge is 0.120 e. The summed E-state index contributed by atoms with van der Waals surface area (Å²) in [5.41, 5.74) is 1.88. The number of allylic oxidation sites excluding steroid dienone is 4. The minimum atomic E-state index is 0.356. The first-order valence-corrected chi connectivity index (χ1v) is 5.85. The molecule has 84 valence electrons. The topological polar surface area (TPSA) is 17.1 Å². The van der Waals surface area contributed by atoms with E-state index in [0.29, 0.717) is 11.8 Å². The molecule has 1 nitrogen and oxygen atoms in total. The Bertz CT molecular complexity index is 271. The van der Waals surface area contributed by atoms with Crippen LogP contribution < -0.4 is 0 Å². The Morgan fingerprint density at radius 3 is 2.67 bits per heavy atom. The second kappa shape index (κ2) is 5.29. The first-order chi connectivity index (χ1) is 7.09. The first kappa shape index (κ1) is 12.2. The van der Waals surface area contributed by atoms with Crippen LogP contribution in [0, 0.1) is 11.3 Å². The van der Waals surface area contributed by atoms with Crippen molar-refractivity contribution in [3.05, 3.63) is 23.8 Å². The molecule has 1 heteroatoms. The molecule has 0 spiro atoms. The zero-order valence-corrected chi connectivity index (χ0v) is 10.1. The van der Waals surface area contributed by atoms with E-state index < -0.39 is 0 Å². The molecule has 0 radical (unpaired) electrons. The van der Waals surface area contributed by atoms with E-state index in [1.54, 1.807) is 0 Å². The van der Waals surface area contributed by atoms with Gasteiger partial charge in [0.15, 0.2) is 0 Å². The zero-order chi connectivity index (χ0) is 11.3. The number of unbranched alkanes of at least 4 members (excludes halogenated alkanes) is 1. The van der Waals surface area contributed by atoms with Crippen LogP contribution in [0.25, 0.3) is 0 Å². The van der Waals surface area contributed by atoms with Crippen LogP contribution in [0.5, 0.6) is 0 Å². The molecule has 0 saturated heterocycles. The monoisotopic (exact) mass is 206 g/mol. The number of rotatable bonds is 5. The Balaban J connectivity index is 2.35. The number of hydrogen-bond acceptors (Lipinski definition) is 1. The first-order valence-electron chi connectivity index (χ1n) is 5.85. The Kier molecular flexibility index (Phi) is 4.31. The van der Waals surface area contributed by atoms with Crippen molar-refractivity contribution in [2.24, 2.45) is 11.3 Å². The fourth-order valence-electron chi connectivity index (χ4n) is 2.13. The van der Waals surface area contributed by atoms with E-state index in [4.69, 9.17) is 0 Å². The van der Waals surface area contributed by atoms with Crippen molar-refractivity contribution < 1.29 is 4.79 Å². The van der Waals surface area contributed by atoms with Gasteiger partial charge in [0.25, 0.3) is 0 Å². The van der Waals surface area contributed by atoms with Gasteiger partial charge in [-0.05, 0) is 37.5 Å². The molecule has 0 aromatic heterocycles. The van der Waals surface area contributed by atoms with Crippen LogP contribution in [0.3, 0.4) is 0 Å². The van der Waals surface area contributed by atoms with Crippen LogP contribution >= 0.6 is 0 Å². The zero-order valence-electron chi connectivity index (χ0n) is 10.1. The number of carbonyl (C=O) groups is 1. The minimum Gasteiger partial charge on any atom is -0.303 e. The van der Waals surface area contributed by atoms with Crippen LogP contribution in [-0.4, -0.2) is 6.29 Å². The van der Waals surface area contributed by atoms with Crippen molar-refractivity contribution in [3.63, 3.8) is 0 Å². The summed E-state index contributed by atoms with van der Waals surface area (Å²) < 4.78 is 0. The van der Waals surface area contributed by atoms with Gasteiger partial charge in [-0.15, -0.1) is 0 Å². The summed E-state index contributed by atoms with van der Waals surface area (Å²) in [5.74, 6) is 0.741. The second-order valence-corrected chi connectivity index (χ2v) is 4.99. The average Bonchev–Trinajstić information content (AvgIpc) is 2.44. The van der Waals surface area contributed by atoms with Gasteiger partial charge in [-0.2, -0.15) is 0 Å². The van der Waals surface area contributed by atoms with Crippen LogP contribution in [-0.2, 0) is 4.79 Å². The Labute approximate surface area is 93.3 Å². The van der Waals surface area contributed by atoms with Crippen LogP contribution in [0.2, 0.25) is 0 Å². The van der Waals surface area contributed by atoms with Gasteiger partial charge in [0.1, 0.15) is 6.29 Å². The quantitative estimate of drug-likeness (QED) is 0.379. The van der Waals surface area contributed by atoms with Crippen molar-refractivity contribution in [1.82, 2.24) is 0 Å². The molecule has 0 saturated carbocycles. The Hall–Kier alpha value is -0.850. The molecule has 0 aliphatic heterocycles. The largest absolute Gasteiger partial charge is 0.303 e. The summed E-state index contributed by atoms with van der Waals surface area (Å²) in [4.78, 5) is 10.1. The van der Waals surface area contributed by atoms with Crippen molar-refractivity contribution in [2.45, 2.75) is 46.5 Å². The lowest BCUT2D eigenvalue weighted by atomic mass is 9.76. The molecule has 0 heterocycles. The highest BCUT2D eigenvalue weighted by molar-refractivity contribution is 5.49. The van der Waals surface area contributed by atoms with Gasteiger partial charge in [0.05, 0.1) is 0 Å². The van der Waals surface area contributed by atoms with E-state index in [9.17, 15) is 4.79 Å². The van der Waals surface area contributed by atoms with E-state index >= 15 is 0 Å². The molecule has 0 aromatic carbocycles. The molecule has 0 N–H and O–H groups in total. The fraction of sp³-hybridized carbons (Fsp3) is 0.643. The highest BCUT2D eigenvalue weighted by Gasteiger charge is 2.33. The molecular weight excluding hydrogens is 184 g/mol. The van der Waals surface area contributed by atoms with Gasteiger partial charge in [0, 0.05) is 6.42 Å². The standard InChI is InChI=1S/C14H22O/c1-12-9-10-13(14(12,2)3)8-6-4-5-7-11-15/h4,6,9,11,13H,5,7-8,10H2,1-3H3/t13-/m1/s1. The lowest BCUT2D eigenvalue weighted by molar-refractivity contribution is -0.107. The maximum absolute atomic E-state index is 10.1. The number of carbonyl (C=O) groups excluding carboxylic acids is 1. The van der Waals surface area contributed by atoms with Crippen molar-refractivity contribution >= 4 is 6.29 Å². The predicted octanol–water partition coefficient (Wildman–Crippen LogP) is 3.90. The van der Waals surface area contributed by atoms with Gasteiger partial charge in [0.2, 0.25) is 0 Å². The Morgan fingerprint density at radius 2 is 2.13 bits per heavy atom. The lowest BCUT2D eigenvalue weighted by Gasteiger charge is -2.28. The number of hydrogen-bond donors (Lipinski definition) is 0. The third kappa shape index (κ3) is 3.05. The van der Waals surface area contributed by atoms with E-state index in [0.717, 1.165) is 25.0 Å². The second-order valence-electron chi connectivity index (χ2n) is 4.99. The molecule has 0 fully saturated rings. The van der Waals surface area contributed by atoms with Crippen LogP contribution in [0.15, 0.2) is 23.8 Å². The van der Waals surface area contributed by atoms with Crippen LogP contribution in [0.4, 0.5) is 0 Å². The van der Waals surface area contributed by atoms with Crippen molar-refractivity contribution in [3.8, 4) is 0 Å². The molecule has 0 bridgehead atoms. The molecular formula is C14H22O. The maximum Gasteiger partial charge on any atom is 0.120 e. The van der Waals surface area contributed by atoms with Crippen LogP contribution in [0.1, 0.15) is 46.5 Å². The van der Waals surface area contributed by atoms with E-state index in [1.807, 2.05) is 0 Å². The molecule has 1 aliphatic carbocycles. The summed E-state index contributed by atoms with van der Waals surface area (Å²) in [6, 6.07) is 0. The van der Waals surface area contributed by atoms with Gasteiger partial charge in [-0.3, -0.25) is 0 Å². The third-order valence-corrected chi connectivity index (χ3v) is 3.78. The summed E-state index contributed by atoms with van der Waals surface area (Å²) in [6.45, 7) is 6.89. The normalized spacial score (nSPS) is 24.5. The fourth-order valence-corrected chi connectivity index (χ4v) is 2.13. The highest BCUT2D eigenvalue weighted by Crippen LogP contribution is 2.44. The van der Waals surface area contributed by atoms with Gasteiger partial charge in [-0.25, -0.2) is 0 Å². The van der Waals surface area contributed by atoms with Gasteiger partial charge >= 0.3 is 0 Å². The van der Waals surface area contributed by atoms with Gasteiger partial charge in [-0.1, -0.05) is 37.6 Å². The van der Waals surface area contributed by atoms with Crippen molar-refractivity contribution in [2.75, 3.05) is 0 Å². The molecule has 1 rings (SSSR count). The summed E-state index contributed by atoms with van der Waals surface area (Å²) in [6.07, 6.45) is 11.6. The minimum absolute atomic E-state index is 0.356. The average molecular weight is 206 g/mol. The van der Waals surface area contributed by atoms with Gasteiger partial charge < -0.3 is 4.79 Å². The Morgan fingerprint density at radius 1 is 1.40 bits per heavy atom. The molecule has 0 unspecified atom stereocenters. The van der Waals surface area contributed by atoms with E-state index in [1.165, 1.54) is 12.0 Å². The lowest BCUT2D eigenvalue weighted by Crippen LogP contribution is -2.19. The molecule has 15 heavy (non-hydrogen) atoms. The molecule has 1 aliphatic rings. The molecule has 0 amide bonds. The predicted molar refractivity (Wildman–Crippen MR) is 64.7 cm³/mol.